The van der Waals surface area contributed by atoms with Crippen LogP contribution in [0.3, 0.4) is 0 Å². The Morgan fingerprint density at radius 2 is 1.79 bits per heavy atom. The first kappa shape index (κ1) is 28.7. The van der Waals surface area contributed by atoms with Gasteiger partial charge in [0, 0.05) is 37.3 Å². The Morgan fingerprint density at radius 3 is 2.47 bits per heavy atom. The lowest BCUT2D eigenvalue weighted by molar-refractivity contribution is 0.0330. The van der Waals surface area contributed by atoms with E-state index in [2.05, 4.69) is 29.5 Å². The van der Waals surface area contributed by atoms with Crippen molar-refractivity contribution in [3.8, 4) is 5.75 Å². The number of aliphatic hydroxyl groups is 1. The van der Waals surface area contributed by atoms with Gasteiger partial charge in [-0.25, -0.2) is 4.79 Å². The Balaban J connectivity index is 1.50. The largest absolute Gasteiger partial charge is 0.488 e. The molecule has 1 aliphatic heterocycles. The molecule has 0 bridgehead atoms. The quantitative estimate of drug-likeness (QED) is 0.447. The lowest BCUT2D eigenvalue weighted by atomic mass is 9.89. The maximum absolute atomic E-state index is 13.7. The van der Waals surface area contributed by atoms with Crippen molar-refractivity contribution in [1.29, 1.82) is 0 Å². The van der Waals surface area contributed by atoms with Gasteiger partial charge in [0.25, 0.3) is 5.91 Å². The number of amides is 3. The molecule has 8 nitrogen and oxygen atoms in total. The fourth-order valence-electron chi connectivity index (χ4n) is 6.31. The van der Waals surface area contributed by atoms with Crippen molar-refractivity contribution in [3.05, 3.63) is 23.8 Å². The maximum Gasteiger partial charge on any atom is 0.319 e. The molecule has 38 heavy (non-hydrogen) atoms. The third-order valence-corrected chi connectivity index (χ3v) is 8.65. The first-order chi connectivity index (χ1) is 18.3. The molecule has 2 aliphatic carbocycles. The van der Waals surface area contributed by atoms with Crippen molar-refractivity contribution in [3.63, 3.8) is 0 Å². The van der Waals surface area contributed by atoms with Gasteiger partial charge in [0.2, 0.25) is 0 Å². The number of rotatable bonds is 8. The molecule has 0 radical (unpaired) electrons. The SMILES string of the molecule is C[C@H](CO)N1C[C@H](C)[C@@H](CN(C)CC2CCCCC2)Oc2ccc(NC(=O)NC3CCCCC3)cc2C1=O. The van der Waals surface area contributed by atoms with Crippen LogP contribution in [0.25, 0.3) is 0 Å². The molecular formula is C30H48N4O4. The zero-order valence-corrected chi connectivity index (χ0v) is 23.6. The van der Waals surface area contributed by atoms with Gasteiger partial charge in [-0.05, 0) is 63.8 Å². The maximum atomic E-state index is 13.7. The average molecular weight is 529 g/mol. The Labute approximate surface area is 228 Å². The molecule has 4 rings (SSSR count). The minimum absolute atomic E-state index is 0.0916. The molecule has 2 saturated carbocycles. The highest BCUT2D eigenvalue weighted by atomic mass is 16.5. The van der Waals surface area contributed by atoms with Crippen molar-refractivity contribution in [2.45, 2.75) is 96.2 Å². The van der Waals surface area contributed by atoms with E-state index >= 15 is 0 Å². The highest BCUT2D eigenvalue weighted by Gasteiger charge is 2.34. The summed E-state index contributed by atoms with van der Waals surface area (Å²) in [6, 6.07) is 4.97. The van der Waals surface area contributed by atoms with E-state index in [4.69, 9.17) is 4.74 Å². The van der Waals surface area contributed by atoms with Crippen LogP contribution in [0, 0.1) is 11.8 Å². The predicted octanol–water partition coefficient (Wildman–Crippen LogP) is 4.87. The van der Waals surface area contributed by atoms with Crippen molar-refractivity contribution >= 4 is 17.6 Å². The van der Waals surface area contributed by atoms with Crippen LogP contribution < -0.4 is 15.4 Å². The second kappa shape index (κ2) is 13.7. The summed E-state index contributed by atoms with van der Waals surface area (Å²) in [6.45, 7) is 6.23. The van der Waals surface area contributed by atoms with Crippen molar-refractivity contribution < 1.29 is 19.4 Å². The van der Waals surface area contributed by atoms with Gasteiger partial charge < -0.3 is 30.3 Å². The monoisotopic (exact) mass is 528 g/mol. The molecule has 1 aromatic carbocycles. The zero-order valence-electron chi connectivity index (χ0n) is 23.6. The number of likely N-dealkylation sites (N-methyl/N-ethyl adjacent to an activating group) is 1. The van der Waals surface area contributed by atoms with Crippen molar-refractivity contribution in [2.75, 3.05) is 38.6 Å². The number of ether oxygens (including phenoxy) is 1. The second-order valence-electron chi connectivity index (χ2n) is 12.0. The number of benzene rings is 1. The Morgan fingerprint density at radius 1 is 1.11 bits per heavy atom. The topological polar surface area (TPSA) is 94.1 Å². The van der Waals surface area contributed by atoms with Crippen LogP contribution in [0.4, 0.5) is 10.5 Å². The minimum Gasteiger partial charge on any atom is -0.488 e. The van der Waals surface area contributed by atoms with Crippen LogP contribution in [-0.2, 0) is 0 Å². The molecule has 1 heterocycles. The molecule has 3 atom stereocenters. The van der Waals surface area contributed by atoms with Gasteiger partial charge in [0.05, 0.1) is 18.2 Å². The molecule has 0 spiro atoms. The van der Waals surface area contributed by atoms with Gasteiger partial charge >= 0.3 is 6.03 Å². The first-order valence-corrected chi connectivity index (χ1v) is 14.8. The second-order valence-corrected chi connectivity index (χ2v) is 12.0. The highest BCUT2D eigenvalue weighted by Crippen LogP contribution is 2.31. The van der Waals surface area contributed by atoms with Crippen LogP contribution in [-0.4, -0.2) is 78.3 Å². The number of fused-ring (bicyclic) bond motifs is 1. The van der Waals surface area contributed by atoms with Crippen molar-refractivity contribution in [1.82, 2.24) is 15.1 Å². The first-order valence-electron chi connectivity index (χ1n) is 14.8. The molecule has 0 aromatic heterocycles. The van der Waals surface area contributed by atoms with E-state index in [0.717, 1.165) is 44.7 Å². The fourth-order valence-corrected chi connectivity index (χ4v) is 6.31. The minimum atomic E-state index is -0.317. The Hall–Kier alpha value is -2.32. The molecule has 212 valence electrons. The lowest BCUT2D eigenvalue weighted by Crippen LogP contribution is -2.50. The van der Waals surface area contributed by atoms with Crippen molar-refractivity contribution in [2.24, 2.45) is 11.8 Å². The zero-order chi connectivity index (χ0) is 27.1. The summed E-state index contributed by atoms with van der Waals surface area (Å²) < 4.78 is 6.54. The fraction of sp³-hybridized carbons (Fsp3) is 0.733. The van der Waals surface area contributed by atoms with Crippen LogP contribution in [0.15, 0.2) is 18.2 Å². The summed E-state index contributed by atoms with van der Waals surface area (Å²) in [4.78, 5) is 30.5. The molecule has 1 aromatic rings. The summed E-state index contributed by atoms with van der Waals surface area (Å²) in [5, 5.41) is 15.9. The van der Waals surface area contributed by atoms with Gasteiger partial charge in [0.1, 0.15) is 11.9 Å². The number of carbonyl (C=O) groups excluding carboxylic acids is 2. The van der Waals surface area contributed by atoms with E-state index in [0.29, 0.717) is 23.5 Å². The Bertz CT molecular complexity index is 929. The van der Waals surface area contributed by atoms with E-state index in [1.165, 1.54) is 38.5 Å². The molecule has 2 fully saturated rings. The molecule has 0 unspecified atom stereocenters. The van der Waals surface area contributed by atoms with Gasteiger partial charge in [-0.2, -0.15) is 0 Å². The number of nitrogens with zero attached hydrogens (tertiary/aromatic N) is 2. The molecule has 8 heteroatoms. The number of nitrogens with one attached hydrogen (secondary N) is 2. The van der Waals surface area contributed by atoms with Crippen LogP contribution >= 0.6 is 0 Å². The van der Waals surface area contributed by atoms with E-state index in [1.807, 2.05) is 6.92 Å². The summed E-state index contributed by atoms with van der Waals surface area (Å²) in [5.74, 6) is 1.18. The summed E-state index contributed by atoms with van der Waals surface area (Å²) in [6.07, 6.45) is 12.0. The van der Waals surface area contributed by atoms with E-state index in [-0.39, 0.29) is 42.7 Å². The predicted molar refractivity (Wildman–Crippen MR) is 151 cm³/mol. The normalized spacial score (nSPS) is 24.2. The van der Waals surface area contributed by atoms with Gasteiger partial charge in [-0.3, -0.25) is 4.79 Å². The van der Waals surface area contributed by atoms with Crippen LogP contribution in [0.2, 0.25) is 0 Å². The number of hydrogen-bond donors (Lipinski definition) is 3. The smallest absolute Gasteiger partial charge is 0.319 e. The molecule has 3 amide bonds. The molecule has 3 N–H and O–H groups in total. The number of carbonyl (C=O) groups is 2. The third-order valence-electron chi connectivity index (χ3n) is 8.65. The van der Waals surface area contributed by atoms with Gasteiger partial charge in [-0.15, -0.1) is 0 Å². The number of hydrogen-bond acceptors (Lipinski definition) is 5. The molecule has 0 saturated heterocycles. The summed E-state index contributed by atoms with van der Waals surface area (Å²) in [5.41, 5.74) is 0.984. The van der Waals surface area contributed by atoms with Gasteiger partial charge in [0.15, 0.2) is 0 Å². The average Bonchev–Trinajstić information content (AvgIpc) is 2.91. The van der Waals surface area contributed by atoms with E-state index in [1.54, 1.807) is 23.1 Å². The van der Waals surface area contributed by atoms with Crippen LogP contribution in [0.5, 0.6) is 5.75 Å². The van der Waals surface area contributed by atoms with E-state index < -0.39 is 0 Å². The standard InChI is InChI=1S/C30H48N4O4/c1-21-17-34(22(2)20-35)29(36)26-16-25(32-30(37)31-24-12-8-5-9-13-24)14-15-27(26)38-28(21)19-33(3)18-23-10-6-4-7-11-23/h14-16,21-24,28,35H,4-13,17-20H2,1-3H3,(H2,31,32,37)/t21-,22+,28+/m0/s1. The highest BCUT2D eigenvalue weighted by molar-refractivity contribution is 5.99. The Kier molecular flexibility index (Phi) is 10.3. The van der Waals surface area contributed by atoms with Crippen LogP contribution in [0.1, 0.15) is 88.4 Å². The molecular weight excluding hydrogens is 480 g/mol. The summed E-state index contributed by atoms with van der Waals surface area (Å²) >= 11 is 0. The molecule has 3 aliphatic rings. The number of aliphatic hydroxyl groups excluding tert-OH is 1. The van der Waals surface area contributed by atoms with E-state index in [9.17, 15) is 14.7 Å². The van der Waals surface area contributed by atoms with Gasteiger partial charge in [-0.1, -0.05) is 45.4 Å². The summed E-state index contributed by atoms with van der Waals surface area (Å²) in [7, 11) is 2.17. The third kappa shape index (κ3) is 7.63. The lowest BCUT2D eigenvalue weighted by Gasteiger charge is -2.38. The number of anilines is 1. The number of urea groups is 1.